The van der Waals surface area contributed by atoms with Crippen LogP contribution in [-0.2, 0) is 11.2 Å². The van der Waals surface area contributed by atoms with E-state index in [2.05, 4.69) is 76.3 Å². The third-order valence-electron chi connectivity index (χ3n) is 6.61. The highest BCUT2D eigenvalue weighted by Crippen LogP contribution is 2.39. The molecule has 3 aromatic carbocycles. The molecule has 0 spiro atoms. The zero-order valence-electron chi connectivity index (χ0n) is 20.6. The zero-order chi connectivity index (χ0) is 24.9. The van der Waals surface area contributed by atoms with Gasteiger partial charge in [-0.1, -0.05) is 84.9 Å². The second-order valence-electron chi connectivity index (χ2n) is 9.07. The van der Waals surface area contributed by atoms with Gasteiger partial charge in [-0.3, -0.25) is 9.36 Å². The number of allylic oxidation sites excluding steroid dienone is 2. The Hall–Kier alpha value is -4.12. The maximum atomic E-state index is 11.8. The van der Waals surface area contributed by atoms with Crippen molar-refractivity contribution in [1.29, 1.82) is 0 Å². The molecule has 0 amide bonds. The van der Waals surface area contributed by atoms with Crippen molar-refractivity contribution in [2.75, 3.05) is 0 Å². The lowest BCUT2D eigenvalue weighted by Crippen LogP contribution is -2.29. The number of benzene rings is 3. The molecule has 2 unspecified atom stereocenters. The fraction of sp³-hybridized carbons (Fsp3) is 0.226. The smallest absolute Gasteiger partial charge is 0.308 e. The second-order valence-corrected chi connectivity index (χ2v) is 9.07. The Balaban J connectivity index is 1.49. The SMILES string of the molecule is CC=CC1CC(Oc2nccn2C(c2ccccc2)c2ccccc2)Cc2c(OC(C)=O)cccc21. The molecule has 0 saturated carbocycles. The summed E-state index contributed by atoms with van der Waals surface area (Å²) in [7, 11) is 0. The molecule has 4 aromatic rings. The van der Waals surface area contributed by atoms with Crippen LogP contribution in [0.4, 0.5) is 0 Å². The molecule has 0 N–H and O–H groups in total. The molecule has 0 aliphatic heterocycles. The quantitative estimate of drug-likeness (QED) is 0.173. The topological polar surface area (TPSA) is 53.4 Å². The van der Waals surface area contributed by atoms with Gasteiger partial charge >= 0.3 is 5.97 Å². The molecule has 0 fully saturated rings. The van der Waals surface area contributed by atoms with Crippen LogP contribution in [0.15, 0.2) is 103 Å². The van der Waals surface area contributed by atoms with Gasteiger partial charge in [0.1, 0.15) is 11.9 Å². The molecule has 1 aliphatic rings. The van der Waals surface area contributed by atoms with Crippen molar-refractivity contribution < 1.29 is 14.3 Å². The summed E-state index contributed by atoms with van der Waals surface area (Å²) in [5, 5.41) is 0. The van der Waals surface area contributed by atoms with Crippen LogP contribution in [0.3, 0.4) is 0 Å². The molecule has 0 saturated heterocycles. The Morgan fingerprint density at radius 2 is 1.69 bits per heavy atom. The molecule has 5 rings (SSSR count). The van der Waals surface area contributed by atoms with E-state index in [0.717, 1.165) is 23.1 Å². The minimum atomic E-state index is -0.321. The van der Waals surface area contributed by atoms with E-state index in [1.807, 2.05) is 37.4 Å². The minimum absolute atomic E-state index is 0.0660. The molecule has 5 nitrogen and oxygen atoms in total. The number of hydrogen-bond acceptors (Lipinski definition) is 4. The first-order chi connectivity index (χ1) is 17.6. The van der Waals surface area contributed by atoms with E-state index in [9.17, 15) is 4.79 Å². The highest BCUT2D eigenvalue weighted by Gasteiger charge is 2.31. The van der Waals surface area contributed by atoms with Gasteiger partial charge in [0.15, 0.2) is 0 Å². The summed E-state index contributed by atoms with van der Waals surface area (Å²) >= 11 is 0. The molecule has 1 heterocycles. The number of rotatable bonds is 7. The minimum Gasteiger partial charge on any atom is -0.461 e. The van der Waals surface area contributed by atoms with Gasteiger partial charge in [-0.25, -0.2) is 4.98 Å². The number of hydrogen-bond donors (Lipinski definition) is 0. The Kier molecular flexibility index (Phi) is 6.99. The monoisotopic (exact) mass is 478 g/mol. The van der Waals surface area contributed by atoms with E-state index in [-0.39, 0.29) is 24.0 Å². The van der Waals surface area contributed by atoms with Crippen molar-refractivity contribution in [3.8, 4) is 11.8 Å². The Morgan fingerprint density at radius 1 is 1.00 bits per heavy atom. The largest absolute Gasteiger partial charge is 0.461 e. The van der Waals surface area contributed by atoms with Gasteiger partial charge < -0.3 is 9.47 Å². The number of aromatic nitrogens is 2. The summed E-state index contributed by atoms with van der Waals surface area (Å²) in [4.78, 5) is 16.4. The van der Waals surface area contributed by atoms with Gasteiger partial charge in [0.2, 0.25) is 0 Å². The van der Waals surface area contributed by atoms with Crippen molar-refractivity contribution >= 4 is 5.97 Å². The maximum Gasteiger partial charge on any atom is 0.308 e. The Morgan fingerprint density at radius 3 is 2.33 bits per heavy atom. The van der Waals surface area contributed by atoms with Crippen LogP contribution in [-0.4, -0.2) is 21.6 Å². The van der Waals surface area contributed by atoms with E-state index in [4.69, 9.17) is 9.47 Å². The van der Waals surface area contributed by atoms with Crippen molar-refractivity contribution in [3.63, 3.8) is 0 Å². The number of nitrogens with zero attached hydrogens (tertiary/aromatic N) is 2. The number of esters is 1. The number of ether oxygens (including phenoxy) is 2. The molecule has 36 heavy (non-hydrogen) atoms. The van der Waals surface area contributed by atoms with Crippen molar-refractivity contribution in [2.24, 2.45) is 0 Å². The van der Waals surface area contributed by atoms with Crippen LogP contribution in [0.1, 0.15) is 54.5 Å². The number of carbonyl (C=O) groups is 1. The number of imidazole rings is 1. The van der Waals surface area contributed by atoms with Gasteiger partial charge in [0.25, 0.3) is 6.01 Å². The highest BCUT2D eigenvalue weighted by atomic mass is 16.5. The van der Waals surface area contributed by atoms with Crippen LogP contribution in [0.2, 0.25) is 0 Å². The van der Waals surface area contributed by atoms with Crippen molar-refractivity contribution in [3.05, 3.63) is 126 Å². The maximum absolute atomic E-state index is 11.8. The molecule has 1 aliphatic carbocycles. The molecule has 5 heteroatoms. The van der Waals surface area contributed by atoms with E-state index < -0.39 is 0 Å². The first kappa shape index (κ1) is 23.6. The lowest BCUT2D eigenvalue weighted by atomic mass is 9.80. The first-order valence-electron chi connectivity index (χ1n) is 12.4. The third-order valence-corrected chi connectivity index (χ3v) is 6.61. The number of fused-ring (bicyclic) bond motifs is 1. The average molecular weight is 479 g/mol. The fourth-order valence-corrected chi connectivity index (χ4v) is 5.14. The predicted molar refractivity (Wildman–Crippen MR) is 140 cm³/mol. The summed E-state index contributed by atoms with van der Waals surface area (Å²) in [5.41, 5.74) is 4.52. The van der Waals surface area contributed by atoms with E-state index in [0.29, 0.717) is 18.2 Å². The van der Waals surface area contributed by atoms with Crippen LogP contribution < -0.4 is 9.47 Å². The number of carbonyl (C=O) groups excluding carboxylic acids is 1. The summed E-state index contributed by atoms with van der Waals surface area (Å²) in [6, 6.07) is 27.2. The normalized spacial score (nSPS) is 17.2. The van der Waals surface area contributed by atoms with Crippen molar-refractivity contribution in [2.45, 2.75) is 44.8 Å². The Labute approximate surface area is 212 Å². The van der Waals surface area contributed by atoms with Crippen LogP contribution in [0.5, 0.6) is 11.8 Å². The first-order valence-corrected chi connectivity index (χ1v) is 12.4. The molecular formula is C31H30N2O3. The average Bonchev–Trinajstić information content (AvgIpc) is 3.33. The fourth-order valence-electron chi connectivity index (χ4n) is 5.14. The molecule has 0 radical (unpaired) electrons. The van der Waals surface area contributed by atoms with Gasteiger partial charge in [0.05, 0.1) is 6.04 Å². The van der Waals surface area contributed by atoms with Gasteiger partial charge in [0, 0.05) is 37.2 Å². The van der Waals surface area contributed by atoms with Crippen LogP contribution in [0, 0.1) is 0 Å². The van der Waals surface area contributed by atoms with Crippen LogP contribution >= 0.6 is 0 Å². The lowest BCUT2D eigenvalue weighted by Gasteiger charge is -2.32. The molecule has 1 aromatic heterocycles. The third kappa shape index (κ3) is 4.96. The molecule has 182 valence electrons. The second kappa shape index (κ2) is 10.6. The predicted octanol–water partition coefficient (Wildman–Crippen LogP) is 6.50. The Bertz CT molecular complexity index is 1310. The summed E-state index contributed by atoms with van der Waals surface area (Å²) in [6.45, 7) is 3.46. The molecule has 0 bridgehead atoms. The van der Waals surface area contributed by atoms with Crippen LogP contribution in [0.25, 0.3) is 0 Å². The van der Waals surface area contributed by atoms with E-state index >= 15 is 0 Å². The standard InChI is InChI=1S/C31H30N2O3/c1-3-11-25-20-26(21-28-27(25)16-10-17-29(28)35-22(2)34)36-31-32-18-19-33(31)30(23-12-6-4-7-13-23)24-14-8-5-9-15-24/h3-19,25-26,30H,20-21H2,1-2H3. The van der Waals surface area contributed by atoms with E-state index in [1.54, 1.807) is 6.20 Å². The van der Waals surface area contributed by atoms with E-state index in [1.165, 1.54) is 12.5 Å². The lowest BCUT2D eigenvalue weighted by molar-refractivity contribution is -0.131. The molecular weight excluding hydrogens is 448 g/mol. The zero-order valence-corrected chi connectivity index (χ0v) is 20.6. The highest BCUT2D eigenvalue weighted by molar-refractivity contribution is 5.70. The van der Waals surface area contributed by atoms with Crippen molar-refractivity contribution in [1.82, 2.24) is 9.55 Å². The van der Waals surface area contributed by atoms with Gasteiger partial charge in [-0.15, -0.1) is 0 Å². The summed E-state index contributed by atoms with van der Waals surface area (Å²) in [5.74, 6) is 0.456. The molecule has 2 atom stereocenters. The van der Waals surface area contributed by atoms with Gasteiger partial charge in [-0.05, 0) is 36.1 Å². The summed E-state index contributed by atoms with van der Waals surface area (Å²) in [6.07, 6.45) is 9.36. The van der Waals surface area contributed by atoms with Gasteiger partial charge in [-0.2, -0.15) is 0 Å². The summed E-state index contributed by atoms with van der Waals surface area (Å²) < 4.78 is 14.3.